The predicted octanol–water partition coefficient (Wildman–Crippen LogP) is 4.32. The third-order valence-electron chi connectivity index (χ3n) is 3.77. The summed E-state index contributed by atoms with van der Waals surface area (Å²) >= 11 is 5.68. The molecule has 17 heavy (non-hydrogen) atoms. The van der Waals surface area contributed by atoms with Crippen LogP contribution in [-0.2, 0) is 0 Å². The first-order chi connectivity index (χ1) is 8.08. The molecule has 1 aromatic carbocycles. The van der Waals surface area contributed by atoms with Gasteiger partial charge in [-0.15, -0.1) is 0 Å². The molecule has 0 aliphatic heterocycles. The second-order valence-electron chi connectivity index (χ2n) is 5.08. The van der Waals surface area contributed by atoms with Crippen LogP contribution in [0, 0.1) is 11.7 Å². The van der Waals surface area contributed by atoms with Crippen molar-refractivity contribution in [1.29, 1.82) is 0 Å². The summed E-state index contributed by atoms with van der Waals surface area (Å²) in [6, 6.07) is 5.78. The molecule has 1 nitrogen and oxygen atoms in total. The molecule has 1 aliphatic rings. The van der Waals surface area contributed by atoms with Gasteiger partial charge < -0.3 is 5.32 Å². The van der Waals surface area contributed by atoms with Crippen LogP contribution in [-0.4, -0.2) is 6.04 Å². The molecule has 3 unspecified atom stereocenters. The van der Waals surface area contributed by atoms with E-state index in [1.807, 2.05) is 6.07 Å². The van der Waals surface area contributed by atoms with Gasteiger partial charge in [-0.1, -0.05) is 31.0 Å². The fraction of sp³-hybridized carbons (Fsp3) is 0.571. The van der Waals surface area contributed by atoms with E-state index in [0.29, 0.717) is 6.04 Å². The molecule has 94 valence electrons. The van der Waals surface area contributed by atoms with Gasteiger partial charge in [-0.3, -0.25) is 0 Å². The van der Waals surface area contributed by atoms with Crippen LogP contribution in [0.1, 0.15) is 44.7 Å². The van der Waals surface area contributed by atoms with E-state index in [-0.39, 0.29) is 16.9 Å². The van der Waals surface area contributed by atoms with Gasteiger partial charge in [0.05, 0.1) is 5.02 Å². The lowest BCUT2D eigenvalue weighted by Crippen LogP contribution is -2.33. The number of rotatable bonds is 3. The number of nitrogens with one attached hydrogen (secondary N) is 1. The molecule has 0 saturated heterocycles. The molecule has 0 amide bonds. The van der Waals surface area contributed by atoms with Crippen molar-refractivity contribution >= 4 is 11.6 Å². The number of halogens is 2. The lowest BCUT2D eigenvalue weighted by atomic mass is 10.0. The van der Waals surface area contributed by atoms with Crippen molar-refractivity contribution in [3.63, 3.8) is 0 Å². The van der Waals surface area contributed by atoms with E-state index in [9.17, 15) is 4.39 Å². The zero-order chi connectivity index (χ0) is 12.4. The van der Waals surface area contributed by atoms with Gasteiger partial charge in [-0.2, -0.15) is 0 Å². The van der Waals surface area contributed by atoms with Crippen LogP contribution in [0.2, 0.25) is 5.02 Å². The number of hydrogen-bond donors (Lipinski definition) is 1. The smallest absolute Gasteiger partial charge is 0.142 e. The lowest BCUT2D eigenvalue weighted by Gasteiger charge is -2.23. The molecule has 0 spiro atoms. The van der Waals surface area contributed by atoms with Crippen molar-refractivity contribution in [2.24, 2.45) is 5.92 Å². The Kier molecular flexibility index (Phi) is 4.05. The zero-order valence-electron chi connectivity index (χ0n) is 10.3. The first-order valence-electron chi connectivity index (χ1n) is 6.29. The summed E-state index contributed by atoms with van der Waals surface area (Å²) in [5, 5.41) is 3.77. The molecule has 0 aromatic heterocycles. The fourth-order valence-electron chi connectivity index (χ4n) is 2.59. The Morgan fingerprint density at radius 2 is 2.18 bits per heavy atom. The maximum absolute atomic E-state index is 13.4. The van der Waals surface area contributed by atoms with Crippen LogP contribution in [0.4, 0.5) is 4.39 Å². The topological polar surface area (TPSA) is 12.0 Å². The van der Waals surface area contributed by atoms with Crippen molar-refractivity contribution in [3.05, 3.63) is 34.6 Å². The summed E-state index contributed by atoms with van der Waals surface area (Å²) in [4.78, 5) is 0. The van der Waals surface area contributed by atoms with Crippen molar-refractivity contribution in [2.45, 2.75) is 45.2 Å². The Morgan fingerprint density at radius 3 is 2.76 bits per heavy atom. The van der Waals surface area contributed by atoms with Gasteiger partial charge in [-0.05, 0) is 43.4 Å². The quantitative estimate of drug-likeness (QED) is 0.848. The Morgan fingerprint density at radius 1 is 1.41 bits per heavy atom. The monoisotopic (exact) mass is 255 g/mol. The largest absolute Gasteiger partial charge is 0.307 e. The van der Waals surface area contributed by atoms with Gasteiger partial charge in [-0.25, -0.2) is 4.39 Å². The van der Waals surface area contributed by atoms with Crippen LogP contribution >= 0.6 is 11.6 Å². The van der Waals surface area contributed by atoms with Gasteiger partial charge in [0.1, 0.15) is 5.82 Å². The Balaban J connectivity index is 2.03. The van der Waals surface area contributed by atoms with Crippen LogP contribution in [0.25, 0.3) is 0 Å². The summed E-state index contributed by atoms with van der Waals surface area (Å²) in [5.74, 6) is 0.381. The number of hydrogen-bond acceptors (Lipinski definition) is 1. The predicted molar refractivity (Wildman–Crippen MR) is 69.8 cm³/mol. The van der Waals surface area contributed by atoms with Crippen LogP contribution in [0.3, 0.4) is 0 Å². The van der Waals surface area contributed by atoms with E-state index in [2.05, 4.69) is 19.2 Å². The Hall–Kier alpha value is -0.600. The summed E-state index contributed by atoms with van der Waals surface area (Å²) < 4.78 is 13.4. The minimum atomic E-state index is -0.336. The van der Waals surface area contributed by atoms with E-state index in [4.69, 9.17) is 11.6 Å². The highest BCUT2D eigenvalue weighted by Gasteiger charge is 2.24. The highest BCUT2D eigenvalue weighted by atomic mass is 35.5. The molecule has 1 aliphatic carbocycles. The third-order valence-corrected chi connectivity index (χ3v) is 4.08. The van der Waals surface area contributed by atoms with Crippen LogP contribution in [0.5, 0.6) is 0 Å². The maximum atomic E-state index is 13.4. The molecule has 1 fully saturated rings. The average Bonchev–Trinajstić information content (AvgIpc) is 2.68. The Bertz CT molecular complexity index is 394. The maximum Gasteiger partial charge on any atom is 0.142 e. The lowest BCUT2D eigenvalue weighted by molar-refractivity contribution is 0.388. The molecule has 0 bridgehead atoms. The highest BCUT2D eigenvalue weighted by molar-refractivity contribution is 6.30. The molecule has 2 rings (SSSR count). The van der Waals surface area contributed by atoms with Gasteiger partial charge >= 0.3 is 0 Å². The number of benzene rings is 1. The van der Waals surface area contributed by atoms with E-state index in [1.54, 1.807) is 6.07 Å². The second-order valence-corrected chi connectivity index (χ2v) is 5.48. The molecule has 3 atom stereocenters. The van der Waals surface area contributed by atoms with Gasteiger partial charge in [0.25, 0.3) is 0 Å². The molecule has 1 N–H and O–H groups in total. The van der Waals surface area contributed by atoms with E-state index < -0.39 is 0 Å². The molecule has 0 radical (unpaired) electrons. The van der Waals surface area contributed by atoms with E-state index in [0.717, 1.165) is 11.5 Å². The SMILES string of the molecule is CC(NC1CCCC1C)c1ccc(Cl)c(F)c1. The third kappa shape index (κ3) is 2.99. The molecular formula is C14H19ClFN. The van der Waals surface area contributed by atoms with Crippen molar-refractivity contribution < 1.29 is 4.39 Å². The van der Waals surface area contributed by atoms with Crippen molar-refractivity contribution in [2.75, 3.05) is 0 Å². The van der Waals surface area contributed by atoms with Crippen molar-refractivity contribution in [1.82, 2.24) is 5.32 Å². The molecule has 1 aromatic rings. The van der Waals surface area contributed by atoms with Crippen LogP contribution < -0.4 is 5.32 Å². The fourth-order valence-corrected chi connectivity index (χ4v) is 2.71. The van der Waals surface area contributed by atoms with Gasteiger partial charge in [0, 0.05) is 12.1 Å². The summed E-state index contributed by atoms with van der Waals surface area (Å²) in [6.07, 6.45) is 3.81. The second kappa shape index (κ2) is 5.36. The van der Waals surface area contributed by atoms with Crippen LogP contribution in [0.15, 0.2) is 18.2 Å². The molecule has 0 heterocycles. The zero-order valence-corrected chi connectivity index (χ0v) is 11.1. The summed E-state index contributed by atoms with van der Waals surface area (Å²) in [7, 11) is 0. The molecule has 1 saturated carbocycles. The first kappa shape index (κ1) is 12.8. The summed E-state index contributed by atoms with van der Waals surface area (Å²) in [6.45, 7) is 4.35. The minimum absolute atomic E-state index is 0.173. The minimum Gasteiger partial charge on any atom is -0.307 e. The van der Waals surface area contributed by atoms with E-state index in [1.165, 1.54) is 25.3 Å². The average molecular weight is 256 g/mol. The highest BCUT2D eigenvalue weighted by Crippen LogP contribution is 2.28. The van der Waals surface area contributed by atoms with Crippen molar-refractivity contribution in [3.8, 4) is 0 Å². The van der Waals surface area contributed by atoms with Gasteiger partial charge in [0.15, 0.2) is 0 Å². The summed E-state index contributed by atoms with van der Waals surface area (Å²) in [5.41, 5.74) is 0.964. The molecule has 3 heteroatoms. The molecular weight excluding hydrogens is 237 g/mol. The normalized spacial score (nSPS) is 26.1. The standard InChI is InChI=1S/C14H19ClFN/c1-9-4-3-5-14(9)17-10(2)11-6-7-12(15)13(16)8-11/h6-10,14,17H,3-5H2,1-2H3. The van der Waals surface area contributed by atoms with Gasteiger partial charge in [0.2, 0.25) is 0 Å². The Labute approximate surface area is 107 Å². The van der Waals surface area contributed by atoms with E-state index >= 15 is 0 Å². The first-order valence-corrected chi connectivity index (χ1v) is 6.66.